The minimum Gasteiger partial charge on any atom is -0.459 e. The van der Waals surface area contributed by atoms with E-state index in [1.165, 1.54) is 5.56 Å². The summed E-state index contributed by atoms with van der Waals surface area (Å²) in [5.74, 6) is 0.0598. The van der Waals surface area contributed by atoms with Crippen LogP contribution in [0.3, 0.4) is 0 Å². The van der Waals surface area contributed by atoms with Gasteiger partial charge in [0.05, 0.1) is 5.41 Å². The first-order valence-corrected chi connectivity index (χ1v) is 8.43. The van der Waals surface area contributed by atoms with Crippen molar-refractivity contribution < 1.29 is 9.53 Å². The Bertz CT molecular complexity index is 726. The van der Waals surface area contributed by atoms with Crippen LogP contribution in [0.5, 0.6) is 0 Å². The van der Waals surface area contributed by atoms with E-state index < -0.39 is 11.0 Å². The smallest absolute Gasteiger partial charge is 0.317 e. The van der Waals surface area contributed by atoms with Crippen molar-refractivity contribution in [2.75, 3.05) is 0 Å². The van der Waals surface area contributed by atoms with Crippen molar-refractivity contribution >= 4 is 12.0 Å². The number of carbonyl (C=O) groups excluding carboxylic acids is 1. The molecule has 1 aliphatic rings. The molecule has 2 aromatic carbocycles. The molecule has 2 nitrogen and oxygen atoms in total. The summed E-state index contributed by atoms with van der Waals surface area (Å²) in [6.45, 7) is 5.75. The van der Waals surface area contributed by atoms with Crippen LogP contribution in [0.25, 0.3) is 6.08 Å². The van der Waals surface area contributed by atoms with Crippen molar-refractivity contribution in [3.63, 3.8) is 0 Å². The molecule has 0 heterocycles. The molecule has 24 heavy (non-hydrogen) atoms. The molecule has 3 rings (SSSR count). The minimum atomic E-state index is -0.551. The summed E-state index contributed by atoms with van der Waals surface area (Å²) in [5, 5.41) is 0. The number of rotatable bonds is 4. The predicted molar refractivity (Wildman–Crippen MR) is 97.6 cm³/mol. The van der Waals surface area contributed by atoms with E-state index in [0.29, 0.717) is 0 Å². The fourth-order valence-electron chi connectivity index (χ4n) is 3.04. The van der Waals surface area contributed by atoms with Gasteiger partial charge in [0, 0.05) is 5.92 Å². The van der Waals surface area contributed by atoms with Gasteiger partial charge in [-0.05, 0) is 38.3 Å². The summed E-state index contributed by atoms with van der Waals surface area (Å²) >= 11 is 0. The maximum absolute atomic E-state index is 12.9. The van der Waals surface area contributed by atoms with Gasteiger partial charge in [-0.1, -0.05) is 72.8 Å². The maximum atomic E-state index is 12.9. The molecule has 2 aromatic rings. The van der Waals surface area contributed by atoms with Crippen molar-refractivity contribution in [3.05, 3.63) is 77.9 Å². The van der Waals surface area contributed by atoms with E-state index >= 15 is 0 Å². The average Bonchev–Trinajstić information content (AvgIpc) is 3.29. The van der Waals surface area contributed by atoms with E-state index in [0.717, 1.165) is 12.0 Å². The van der Waals surface area contributed by atoms with Crippen LogP contribution < -0.4 is 0 Å². The summed E-state index contributed by atoms with van der Waals surface area (Å²) in [7, 11) is 0. The molecule has 0 spiro atoms. The summed E-state index contributed by atoms with van der Waals surface area (Å²) in [6, 6.07) is 20.3. The summed E-state index contributed by atoms with van der Waals surface area (Å²) in [6.07, 6.45) is 4.87. The molecule has 2 heteroatoms. The Morgan fingerprint density at radius 2 is 1.62 bits per heavy atom. The monoisotopic (exact) mass is 320 g/mol. The second kappa shape index (κ2) is 6.27. The van der Waals surface area contributed by atoms with Crippen molar-refractivity contribution in [3.8, 4) is 0 Å². The lowest BCUT2D eigenvalue weighted by atomic mass is 9.97. The Kier molecular flexibility index (Phi) is 4.31. The van der Waals surface area contributed by atoms with Gasteiger partial charge in [0.1, 0.15) is 5.60 Å². The van der Waals surface area contributed by atoms with E-state index in [2.05, 4.69) is 12.1 Å². The highest BCUT2D eigenvalue weighted by Crippen LogP contribution is 2.61. The summed E-state index contributed by atoms with van der Waals surface area (Å²) < 4.78 is 5.71. The van der Waals surface area contributed by atoms with E-state index in [1.54, 1.807) is 0 Å². The van der Waals surface area contributed by atoms with E-state index in [9.17, 15) is 4.79 Å². The quantitative estimate of drug-likeness (QED) is 0.722. The van der Waals surface area contributed by atoms with Gasteiger partial charge in [0.25, 0.3) is 0 Å². The third kappa shape index (κ3) is 3.59. The summed E-state index contributed by atoms with van der Waals surface area (Å²) in [5.41, 5.74) is 1.26. The van der Waals surface area contributed by atoms with Gasteiger partial charge in [-0.25, -0.2) is 0 Å². The largest absolute Gasteiger partial charge is 0.459 e. The Hall–Kier alpha value is -2.35. The molecule has 1 saturated carbocycles. The Labute approximate surface area is 144 Å². The topological polar surface area (TPSA) is 26.3 Å². The van der Waals surface area contributed by atoms with Crippen LogP contribution in [-0.2, 0) is 9.53 Å². The lowest BCUT2D eigenvalue weighted by Crippen LogP contribution is -2.29. The number of ether oxygens (including phenoxy) is 1. The number of esters is 1. The Morgan fingerprint density at radius 3 is 2.21 bits per heavy atom. The minimum absolute atomic E-state index is 0.129. The highest BCUT2D eigenvalue weighted by atomic mass is 16.6. The second-order valence-corrected chi connectivity index (χ2v) is 7.45. The fraction of sp³-hybridized carbons (Fsp3) is 0.318. The van der Waals surface area contributed by atoms with Crippen LogP contribution in [0.15, 0.2) is 66.7 Å². The summed E-state index contributed by atoms with van der Waals surface area (Å²) in [4.78, 5) is 12.9. The first kappa shape index (κ1) is 16.5. The van der Waals surface area contributed by atoms with Gasteiger partial charge in [0.15, 0.2) is 0 Å². The number of hydrogen-bond donors (Lipinski definition) is 0. The molecule has 0 aliphatic heterocycles. The number of benzene rings is 2. The van der Waals surface area contributed by atoms with Gasteiger partial charge in [-0.2, -0.15) is 0 Å². The highest BCUT2D eigenvalue weighted by molar-refractivity contribution is 5.86. The van der Waals surface area contributed by atoms with Crippen LogP contribution in [0.2, 0.25) is 0 Å². The molecule has 0 saturated heterocycles. The molecule has 0 N–H and O–H groups in total. The van der Waals surface area contributed by atoms with Gasteiger partial charge >= 0.3 is 5.97 Å². The second-order valence-electron chi connectivity index (χ2n) is 7.45. The van der Waals surface area contributed by atoms with Crippen molar-refractivity contribution in [2.45, 2.75) is 38.7 Å². The van der Waals surface area contributed by atoms with Gasteiger partial charge in [-0.15, -0.1) is 0 Å². The van der Waals surface area contributed by atoms with Crippen LogP contribution in [-0.4, -0.2) is 11.6 Å². The zero-order valence-corrected chi connectivity index (χ0v) is 14.5. The van der Waals surface area contributed by atoms with Crippen molar-refractivity contribution in [2.24, 2.45) is 5.41 Å². The molecule has 0 unspecified atom stereocenters. The first-order valence-electron chi connectivity index (χ1n) is 8.43. The van der Waals surface area contributed by atoms with Crippen molar-refractivity contribution in [1.29, 1.82) is 0 Å². The predicted octanol–water partition coefficient (Wildman–Crippen LogP) is 5.22. The molecule has 0 radical (unpaired) electrons. The van der Waals surface area contributed by atoms with Crippen LogP contribution in [0.4, 0.5) is 0 Å². The molecular formula is C22H24O2. The van der Waals surface area contributed by atoms with E-state index in [4.69, 9.17) is 4.74 Å². The molecule has 0 amide bonds. The molecule has 0 bridgehead atoms. The van der Waals surface area contributed by atoms with Crippen LogP contribution in [0.1, 0.15) is 44.2 Å². The first-order chi connectivity index (χ1) is 11.4. The molecule has 124 valence electrons. The number of carbonyl (C=O) groups is 1. The third-order valence-electron chi connectivity index (χ3n) is 4.36. The Balaban J connectivity index is 1.88. The van der Waals surface area contributed by atoms with Gasteiger partial charge < -0.3 is 4.74 Å². The van der Waals surface area contributed by atoms with Crippen LogP contribution >= 0.6 is 0 Å². The molecule has 2 atom stereocenters. The highest BCUT2D eigenvalue weighted by Gasteiger charge is 2.60. The van der Waals surface area contributed by atoms with Gasteiger partial charge in [-0.3, -0.25) is 4.79 Å². The standard InChI is InChI=1S/C22H24O2/c1-21(2,3)24-20(23)22(15-14-17-10-6-4-7-11-17)16-19(22)18-12-8-5-9-13-18/h4-15,19H,16H2,1-3H3/b15-14+/t19-,22+/m1/s1. The lowest BCUT2D eigenvalue weighted by molar-refractivity contribution is -0.159. The number of hydrogen-bond acceptors (Lipinski definition) is 2. The van der Waals surface area contributed by atoms with Crippen LogP contribution in [0, 0.1) is 5.41 Å². The average molecular weight is 320 g/mol. The van der Waals surface area contributed by atoms with Crippen molar-refractivity contribution in [1.82, 2.24) is 0 Å². The molecule has 0 aromatic heterocycles. The Morgan fingerprint density at radius 1 is 1.04 bits per heavy atom. The normalized spacial score (nSPS) is 23.2. The molecule has 1 aliphatic carbocycles. The zero-order chi connectivity index (χ0) is 17.2. The SMILES string of the molecule is CC(C)(C)OC(=O)[C@@]1(/C=C/c2ccccc2)C[C@@H]1c1ccccc1. The van der Waals surface area contributed by atoms with E-state index in [-0.39, 0.29) is 11.9 Å². The van der Waals surface area contributed by atoms with Gasteiger partial charge in [0.2, 0.25) is 0 Å². The third-order valence-corrected chi connectivity index (χ3v) is 4.36. The lowest BCUT2D eigenvalue weighted by Gasteiger charge is -2.23. The zero-order valence-electron chi connectivity index (χ0n) is 14.5. The van der Waals surface area contributed by atoms with E-state index in [1.807, 2.05) is 81.5 Å². The fourth-order valence-corrected chi connectivity index (χ4v) is 3.04. The molecular weight excluding hydrogens is 296 g/mol. The maximum Gasteiger partial charge on any atom is 0.317 e. The molecule has 1 fully saturated rings.